The van der Waals surface area contributed by atoms with E-state index in [0.717, 1.165) is 10.8 Å². The lowest BCUT2D eigenvalue weighted by Gasteiger charge is -1.94. The van der Waals surface area contributed by atoms with Gasteiger partial charge in [-0.15, -0.1) is 0 Å². The number of aromatic amines is 2. The molecule has 0 aliphatic rings. The first kappa shape index (κ1) is 11.6. The number of nitrogens with zero attached hydrogens (tertiary/aromatic N) is 2. The van der Waals surface area contributed by atoms with Crippen LogP contribution in [0.3, 0.4) is 0 Å². The summed E-state index contributed by atoms with van der Waals surface area (Å²) in [4.78, 5) is 31.3. The van der Waals surface area contributed by atoms with Gasteiger partial charge >= 0.3 is 5.69 Å². The van der Waals surface area contributed by atoms with Crippen molar-refractivity contribution < 1.29 is 8.42 Å². The fraction of sp³-hybridized carbons (Fsp3) is 0.375. The van der Waals surface area contributed by atoms with Crippen molar-refractivity contribution in [2.24, 2.45) is 7.05 Å². The van der Waals surface area contributed by atoms with Crippen LogP contribution in [-0.4, -0.2) is 34.2 Å². The van der Waals surface area contributed by atoms with Crippen LogP contribution in [0, 0.1) is 0 Å². The van der Waals surface area contributed by atoms with Crippen LogP contribution in [0.5, 0.6) is 0 Å². The summed E-state index contributed by atoms with van der Waals surface area (Å²) < 4.78 is 23.3. The van der Waals surface area contributed by atoms with Gasteiger partial charge in [0.05, 0.1) is 0 Å². The van der Waals surface area contributed by atoms with Crippen molar-refractivity contribution in [3.63, 3.8) is 0 Å². The average Bonchev–Trinajstić information content (AvgIpc) is 2.56. The van der Waals surface area contributed by atoms with Crippen LogP contribution in [-0.2, 0) is 22.6 Å². The molecule has 0 fully saturated rings. The molecular formula is C8H10N4O4S. The van der Waals surface area contributed by atoms with Crippen LogP contribution in [0.25, 0.3) is 11.2 Å². The largest absolute Gasteiger partial charge is 0.335 e. The lowest BCUT2D eigenvalue weighted by molar-refractivity contribution is 0.600. The number of hydrogen-bond acceptors (Lipinski definition) is 5. The Morgan fingerprint density at radius 2 is 1.94 bits per heavy atom. The van der Waals surface area contributed by atoms with Crippen molar-refractivity contribution in [3.05, 3.63) is 26.7 Å². The topological polar surface area (TPSA) is 118 Å². The zero-order valence-corrected chi connectivity index (χ0v) is 9.96. The van der Waals surface area contributed by atoms with E-state index in [1.54, 1.807) is 0 Å². The number of fused-ring (bicyclic) bond motifs is 1. The smallest absolute Gasteiger partial charge is 0.329 e. The molecule has 0 aromatic carbocycles. The van der Waals surface area contributed by atoms with Crippen LogP contribution < -0.4 is 11.2 Å². The lowest BCUT2D eigenvalue weighted by Crippen LogP contribution is -2.28. The molecule has 2 heterocycles. The van der Waals surface area contributed by atoms with Crippen molar-refractivity contribution >= 4 is 21.0 Å². The second-order valence-corrected chi connectivity index (χ2v) is 5.91. The Morgan fingerprint density at radius 3 is 2.53 bits per heavy atom. The Bertz CT molecular complexity index is 795. The van der Waals surface area contributed by atoms with E-state index in [9.17, 15) is 18.0 Å². The molecule has 0 radical (unpaired) electrons. The maximum Gasteiger partial charge on any atom is 0.329 e. The normalized spacial score (nSPS) is 12.1. The molecule has 2 aromatic rings. The molecule has 9 heteroatoms. The highest BCUT2D eigenvalue weighted by molar-refractivity contribution is 7.89. The van der Waals surface area contributed by atoms with Crippen molar-refractivity contribution in [3.8, 4) is 0 Å². The molecule has 92 valence electrons. The third kappa shape index (κ3) is 2.13. The minimum atomic E-state index is -3.25. The van der Waals surface area contributed by atoms with Crippen molar-refractivity contribution in [2.75, 3.05) is 6.26 Å². The SMILES string of the molecule is Cn1c(=O)[nH]c(=O)c2[nH]c(CS(C)(=O)=O)nc21. The molecule has 2 N–H and O–H groups in total. The number of sulfone groups is 1. The standard InChI is InChI=1S/C8H10N4O4S/c1-12-6-5(7(13)11-8(12)14)9-4(10-6)3-17(2,15)16/h3H2,1-2H3,(H,9,10)(H,11,13,14). The molecule has 8 nitrogen and oxygen atoms in total. The zero-order chi connectivity index (χ0) is 12.8. The highest BCUT2D eigenvalue weighted by atomic mass is 32.2. The van der Waals surface area contributed by atoms with Gasteiger partial charge in [0.2, 0.25) is 0 Å². The maximum atomic E-state index is 11.4. The van der Waals surface area contributed by atoms with Gasteiger partial charge < -0.3 is 4.98 Å². The lowest BCUT2D eigenvalue weighted by atomic mass is 10.5. The fourth-order valence-corrected chi connectivity index (χ4v) is 2.10. The predicted octanol–water partition coefficient (Wildman–Crippen LogP) is -1.51. The maximum absolute atomic E-state index is 11.4. The zero-order valence-electron chi connectivity index (χ0n) is 9.14. The number of hydrogen-bond donors (Lipinski definition) is 2. The van der Waals surface area contributed by atoms with E-state index in [-0.39, 0.29) is 22.7 Å². The Morgan fingerprint density at radius 1 is 1.29 bits per heavy atom. The minimum absolute atomic E-state index is 0.0887. The monoisotopic (exact) mass is 258 g/mol. The molecule has 17 heavy (non-hydrogen) atoms. The third-order valence-electron chi connectivity index (χ3n) is 2.20. The van der Waals surface area contributed by atoms with Crippen LogP contribution in [0.4, 0.5) is 0 Å². The first-order valence-corrected chi connectivity index (χ1v) is 6.69. The summed E-state index contributed by atoms with van der Waals surface area (Å²) in [6.45, 7) is 0. The Kier molecular flexibility index (Phi) is 2.42. The number of H-pyrrole nitrogens is 2. The van der Waals surface area contributed by atoms with E-state index < -0.39 is 21.1 Å². The molecule has 0 bridgehead atoms. The quantitative estimate of drug-likeness (QED) is 0.679. The fourth-order valence-electron chi connectivity index (χ4n) is 1.47. The van der Waals surface area contributed by atoms with E-state index in [2.05, 4.69) is 15.0 Å². The van der Waals surface area contributed by atoms with Crippen LogP contribution in [0.15, 0.2) is 9.59 Å². The van der Waals surface area contributed by atoms with Crippen LogP contribution >= 0.6 is 0 Å². The molecule has 2 rings (SSSR count). The van der Waals surface area contributed by atoms with Crippen LogP contribution in [0.2, 0.25) is 0 Å². The van der Waals surface area contributed by atoms with Gasteiger partial charge in [0.25, 0.3) is 5.56 Å². The van der Waals surface area contributed by atoms with Gasteiger partial charge in [0.15, 0.2) is 15.5 Å². The third-order valence-corrected chi connectivity index (χ3v) is 3.00. The summed E-state index contributed by atoms with van der Waals surface area (Å²) in [5.74, 6) is -0.177. The second kappa shape index (κ2) is 3.55. The van der Waals surface area contributed by atoms with Gasteiger partial charge in [-0.2, -0.15) is 0 Å². The van der Waals surface area contributed by atoms with Crippen molar-refractivity contribution in [1.82, 2.24) is 19.5 Å². The summed E-state index contributed by atoms with van der Waals surface area (Å²) in [6, 6.07) is 0. The summed E-state index contributed by atoms with van der Waals surface area (Å²) in [5, 5.41) is 0. The van der Waals surface area contributed by atoms with Gasteiger partial charge in [0, 0.05) is 13.3 Å². The summed E-state index contributed by atoms with van der Waals surface area (Å²) in [7, 11) is -1.82. The summed E-state index contributed by atoms with van der Waals surface area (Å²) in [5.41, 5.74) is -0.988. The summed E-state index contributed by atoms with van der Waals surface area (Å²) in [6.07, 6.45) is 1.06. The van der Waals surface area contributed by atoms with Gasteiger partial charge in [-0.3, -0.25) is 14.3 Å². The molecule has 0 unspecified atom stereocenters. The first-order chi connectivity index (χ1) is 7.78. The molecule has 2 aromatic heterocycles. The first-order valence-electron chi connectivity index (χ1n) is 4.63. The highest BCUT2D eigenvalue weighted by Crippen LogP contribution is 2.06. The Labute approximate surface area is 95.2 Å². The molecule has 0 saturated carbocycles. The summed E-state index contributed by atoms with van der Waals surface area (Å²) >= 11 is 0. The molecule has 0 saturated heterocycles. The molecule has 0 atom stereocenters. The average molecular weight is 258 g/mol. The number of aromatic nitrogens is 4. The van der Waals surface area contributed by atoms with Crippen molar-refractivity contribution in [2.45, 2.75) is 5.75 Å². The molecule has 0 spiro atoms. The van der Waals surface area contributed by atoms with E-state index in [4.69, 9.17) is 0 Å². The number of aryl methyl sites for hydroxylation is 1. The van der Waals surface area contributed by atoms with E-state index in [0.29, 0.717) is 0 Å². The molecule has 0 aliphatic carbocycles. The molecule has 0 amide bonds. The van der Waals surface area contributed by atoms with E-state index in [1.807, 2.05) is 0 Å². The minimum Gasteiger partial charge on any atom is -0.335 e. The number of imidazole rings is 1. The van der Waals surface area contributed by atoms with E-state index in [1.165, 1.54) is 7.05 Å². The predicted molar refractivity (Wildman–Crippen MR) is 60.5 cm³/mol. The van der Waals surface area contributed by atoms with Crippen LogP contribution in [0.1, 0.15) is 5.82 Å². The Hall–Kier alpha value is -1.90. The van der Waals surface area contributed by atoms with E-state index >= 15 is 0 Å². The van der Waals surface area contributed by atoms with Gasteiger partial charge in [-0.1, -0.05) is 0 Å². The van der Waals surface area contributed by atoms with Gasteiger partial charge in [-0.25, -0.2) is 18.2 Å². The molecule has 0 aliphatic heterocycles. The van der Waals surface area contributed by atoms with Gasteiger partial charge in [0.1, 0.15) is 17.1 Å². The number of nitrogens with one attached hydrogen (secondary N) is 2. The highest BCUT2D eigenvalue weighted by Gasteiger charge is 2.13. The van der Waals surface area contributed by atoms with Crippen molar-refractivity contribution in [1.29, 1.82) is 0 Å². The second-order valence-electron chi connectivity index (χ2n) is 3.77. The number of rotatable bonds is 2. The molecular weight excluding hydrogens is 248 g/mol. The van der Waals surface area contributed by atoms with Gasteiger partial charge in [-0.05, 0) is 0 Å². The Balaban J connectivity index is 2.74.